The number of para-hydroxylation sites is 1. The van der Waals surface area contributed by atoms with Crippen molar-refractivity contribution in [1.82, 2.24) is 4.98 Å². The molecule has 1 aromatic heterocycles. The van der Waals surface area contributed by atoms with Gasteiger partial charge in [0.15, 0.2) is 0 Å². The molecule has 0 bridgehead atoms. The van der Waals surface area contributed by atoms with Crippen molar-refractivity contribution in [1.29, 1.82) is 0 Å². The number of esters is 1. The van der Waals surface area contributed by atoms with Crippen LogP contribution in [0.15, 0.2) is 30.5 Å². The summed E-state index contributed by atoms with van der Waals surface area (Å²) >= 11 is 0. The number of nitrogens with zero attached hydrogens (tertiary/aromatic N) is 1. The maximum Gasteiger partial charge on any atom is 0.341 e. The number of ether oxygens (including phenoxy) is 1. The van der Waals surface area contributed by atoms with Gasteiger partial charge in [0.1, 0.15) is 5.56 Å². The van der Waals surface area contributed by atoms with Gasteiger partial charge in [-0.3, -0.25) is 4.98 Å². The normalized spacial score (nSPS) is 21.1. The Labute approximate surface area is 137 Å². The van der Waals surface area contributed by atoms with Crippen molar-refractivity contribution in [3.8, 4) is 0 Å². The molecule has 0 saturated heterocycles. The van der Waals surface area contributed by atoms with Crippen LogP contribution in [-0.2, 0) is 4.74 Å². The average Bonchev–Trinajstić information content (AvgIpc) is 2.57. The summed E-state index contributed by atoms with van der Waals surface area (Å²) in [7, 11) is 0. The molecule has 4 nitrogen and oxygen atoms in total. The van der Waals surface area contributed by atoms with Gasteiger partial charge >= 0.3 is 5.97 Å². The smallest absolute Gasteiger partial charge is 0.341 e. The molecule has 0 aliphatic heterocycles. The molecule has 1 aromatic carbocycles. The lowest BCUT2D eigenvalue weighted by molar-refractivity contribution is 0.0527. The van der Waals surface area contributed by atoms with E-state index in [4.69, 9.17) is 4.74 Å². The summed E-state index contributed by atoms with van der Waals surface area (Å²) < 4.78 is 5.21. The van der Waals surface area contributed by atoms with Crippen LogP contribution < -0.4 is 5.32 Å². The molecule has 4 heteroatoms. The van der Waals surface area contributed by atoms with Gasteiger partial charge in [0.2, 0.25) is 0 Å². The van der Waals surface area contributed by atoms with Crippen LogP contribution in [0.2, 0.25) is 0 Å². The quantitative estimate of drug-likeness (QED) is 0.850. The fourth-order valence-corrected chi connectivity index (χ4v) is 3.38. The molecule has 0 spiro atoms. The third-order valence-corrected chi connectivity index (χ3v) is 4.71. The zero-order valence-electron chi connectivity index (χ0n) is 13.8. The molecule has 23 heavy (non-hydrogen) atoms. The molecule has 1 N–H and O–H groups in total. The van der Waals surface area contributed by atoms with Crippen molar-refractivity contribution in [2.45, 2.75) is 45.6 Å². The minimum Gasteiger partial charge on any atom is -0.462 e. The summed E-state index contributed by atoms with van der Waals surface area (Å²) in [6.45, 7) is 4.47. The summed E-state index contributed by atoms with van der Waals surface area (Å²) in [6, 6.07) is 8.32. The van der Waals surface area contributed by atoms with E-state index in [1.54, 1.807) is 6.20 Å². The maximum absolute atomic E-state index is 12.3. The second kappa shape index (κ2) is 6.99. The van der Waals surface area contributed by atoms with Crippen molar-refractivity contribution in [3.05, 3.63) is 36.0 Å². The second-order valence-electron chi connectivity index (χ2n) is 6.30. The molecular weight excluding hydrogens is 288 g/mol. The Morgan fingerprint density at radius 3 is 2.87 bits per heavy atom. The number of anilines is 1. The number of carbonyl (C=O) groups is 1. The zero-order valence-corrected chi connectivity index (χ0v) is 13.8. The first-order chi connectivity index (χ1) is 11.2. The number of carbonyl (C=O) groups excluding carboxylic acids is 1. The Bertz CT molecular complexity index is 699. The van der Waals surface area contributed by atoms with Gasteiger partial charge in [0.25, 0.3) is 0 Å². The van der Waals surface area contributed by atoms with Crippen LogP contribution in [0.3, 0.4) is 0 Å². The molecule has 1 saturated carbocycles. The Morgan fingerprint density at radius 1 is 1.30 bits per heavy atom. The summed E-state index contributed by atoms with van der Waals surface area (Å²) in [5, 5.41) is 4.62. The number of fused-ring (bicyclic) bond motifs is 1. The number of aromatic nitrogens is 1. The van der Waals surface area contributed by atoms with Crippen molar-refractivity contribution in [3.63, 3.8) is 0 Å². The van der Waals surface area contributed by atoms with Gasteiger partial charge in [-0.25, -0.2) is 4.79 Å². The first kappa shape index (κ1) is 15.8. The fourth-order valence-electron chi connectivity index (χ4n) is 3.38. The molecule has 1 aliphatic rings. The highest BCUT2D eigenvalue weighted by atomic mass is 16.5. The largest absolute Gasteiger partial charge is 0.462 e. The van der Waals surface area contributed by atoms with Crippen molar-refractivity contribution >= 4 is 22.6 Å². The molecular formula is C19H24N2O2. The number of rotatable bonds is 4. The maximum atomic E-state index is 12.3. The van der Waals surface area contributed by atoms with Crippen LogP contribution >= 0.6 is 0 Å². The summed E-state index contributed by atoms with van der Waals surface area (Å²) in [5.74, 6) is 0.294. The summed E-state index contributed by atoms with van der Waals surface area (Å²) in [5.41, 5.74) is 2.29. The van der Waals surface area contributed by atoms with Crippen LogP contribution in [0.1, 0.15) is 49.9 Å². The van der Waals surface area contributed by atoms with Crippen LogP contribution in [-0.4, -0.2) is 23.6 Å². The van der Waals surface area contributed by atoms with E-state index < -0.39 is 0 Å². The van der Waals surface area contributed by atoms with Gasteiger partial charge in [0, 0.05) is 17.6 Å². The highest BCUT2D eigenvalue weighted by Crippen LogP contribution is 2.32. The Kier molecular flexibility index (Phi) is 4.79. The monoisotopic (exact) mass is 312 g/mol. The number of pyridine rings is 1. The lowest BCUT2D eigenvalue weighted by atomic mass is 9.85. The molecule has 2 unspecified atom stereocenters. The molecule has 0 radical (unpaired) electrons. The van der Waals surface area contributed by atoms with E-state index >= 15 is 0 Å². The van der Waals surface area contributed by atoms with Crippen LogP contribution in [0.25, 0.3) is 10.9 Å². The predicted molar refractivity (Wildman–Crippen MR) is 92.7 cm³/mol. The third kappa shape index (κ3) is 3.31. The van der Waals surface area contributed by atoms with E-state index in [9.17, 15) is 4.79 Å². The van der Waals surface area contributed by atoms with E-state index in [-0.39, 0.29) is 5.97 Å². The summed E-state index contributed by atoms with van der Waals surface area (Å²) in [4.78, 5) is 16.7. The van der Waals surface area contributed by atoms with Gasteiger partial charge in [-0.1, -0.05) is 38.0 Å². The first-order valence-electron chi connectivity index (χ1n) is 8.52. The minimum absolute atomic E-state index is 0.309. The van der Waals surface area contributed by atoms with Gasteiger partial charge in [0.05, 0.1) is 17.8 Å². The third-order valence-electron chi connectivity index (χ3n) is 4.71. The predicted octanol–water partition coefficient (Wildman–Crippen LogP) is 4.40. The van der Waals surface area contributed by atoms with Crippen molar-refractivity contribution in [2.24, 2.45) is 5.92 Å². The van der Waals surface area contributed by atoms with Crippen molar-refractivity contribution < 1.29 is 9.53 Å². The van der Waals surface area contributed by atoms with E-state index in [1.165, 1.54) is 19.3 Å². The standard InChI is InChI=1S/C19H24N2O2/c1-3-23-19(22)15-12-20-17-11-7-5-9-14(17)18(15)21-16-10-6-4-8-13(16)2/h5,7,9,11-13,16H,3-4,6,8,10H2,1-2H3,(H,20,21). The minimum atomic E-state index is -0.309. The topological polar surface area (TPSA) is 51.2 Å². The Balaban J connectivity index is 2.03. The number of nitrogens with one attached hydrogen (secondary N) is 1. The van der Waals surface area contributed by atoms with Gasteiger partial charge in [-0.05, 0) is 31.7 Å². The van der Waals surface area contributed by atoms with Crippen molar-refractivity contribution in [2.75, 3.05) is 11.9 Å². The van der Waals surface area contributed by atoms with Gasteiger partial charge in [-0.2, -0.15) is 0 Å². The second-order valence-corrected chi connectivity index (χ2v) is 6.30. The fraction of sp³-hybridized carbons (Fsp3) is 0.474. The number of hydrogen-bond donors (Lipinski definition) is 1. The lowest BCUT2D eigenvalue weighted by Gasteiger charge is -2.31. The van der Waals surface area contributed by atoms with E-state index in [0.29, 0.717) is 24.1 Å². The van der Waals surface area contributed by atoms with E-state index in [1.807, 2.05) is 31.2 Å². The van der Waals surface area contributed by atoms with E-state index in [2.05, 4.69) is 17.2 Å². The number of hydrogen-bond acceptors (Lipinski definition) is 4. The lowest BCUT2D eigenvalue weighted by Crippen LogP contribution is -2.31. The average molecular weight is 312 g/mol. The number of benzene rings is 1. The highest BCUT2D eigenvalue weighted by Gasteiger charge is 2.24. The molecule has 1 heterocycles. The zero-order chi connectivity index (χ0) is 16.2. The summed E-state index contributed by atoms with van der Waals surface area (Å²) in [6.07, 6.45) is 6.53. The van der Waals surface area contributed by atoms with Gasteiger partial charge < -0.3 is 10.1 Å². The van der Waals surface area contributed by atoms with Crippen LogP contribution in [0, 0.1) is 5.92 Å². The molecule has 0 amide bonds. The molecule has 2 aromatic rings. The first-order valence-corrected chi connectivity index (χ1v) is 8.52. The van der Waals surface area contributed by atoms with Crippen LogP contribution in [0.5, 0.6) is 0 Å². The SMILES string of the molecule is CCOC(=O)c1cnc2ccccc2c1NC1CCCCC1C. The Morgan fingerprint density at radius 2 is 2.09 bits per heavy atom. The molecule has 122 valence electrons. The van der Waals surface area contributed by atoms with Gasteiger partial charge in [-0.15, -0.1) is 0 Å². The van der Waals surface area contributed by atoms with Crippen LogP contribution in [0.4, 0.5) is 5.69 Å². The highest BCUT2D eigenvalue weighted by molar-refractivity contribution is 6.04. The van der Waals surface area contributed by atoms with E-state index in [0.717, 1.165) is 23.0 Å². The molecule has 2 atom stereocenters. The Hall–Kier alpha value is -2.10. The molecule has 3 rings (SSSR count). The molecule has 1 fully saturated rings. The molecule has 1 aliphatic carbocycles.